The van der Waals surface area contributed by atoms with Crippen molar-refractivity contribution < 1.29 is 0 Å². The van der Waals surface area contributed by atoms with Crippen LogP contribution in [0, 0.1) is 0 Å². The Morgan fingerprint density at radius 1 is 1.54 bits per heavy atom. The van der Waals surface area contributed by atoms with Crippen LogP contribution < -0.4 is 0 Å². The molecule has 1 aliphatic heterocycles. The summed E-state index contributed by atoms with van der Waals surface area (Å²) >= 11 is 2.10. The molecule has 0 aromatic heterocycles. The van der Waals surface area contributed by atoms with Crippen LogP contribution in [0.4, 0.5) is 0 Å². The minimum atomic E-state index is 0.734. The maximum atomic E-state index is 3.95. The van der Waals surface area contributed by atoms with Crippen LogP contribution in [0.1, 0.15) is 27.2 Å². The van der Waals surface area contributed by atoms with Gasteiger partial charge in [0.1, 0.15) is 0 Å². The summed E-state index contributed by atoms with van der Waals surface area (Å²) in [7, 11) is 0. The van der Waals surface area contributed by atoms with E-state index in [4.69, 9.17) is 0 Å². The summed E-state index contributed by atoms with van der Waals surface area (Å²) in [4.78, 5) is 2.59. The van der Waals surface area contributed by atoms with Crippen molar-refractivity contribution in [2.45, 2.75) is 38.5 Å². The second kappa shape index (κ2) is 5.06. The Balaban J connectivity index is 2.35. The van der Waals surface area contributed by atoms with Gasteiger partial charge in [-0.15, -0.1) is 6.58 Å². The van der Waals surface area contributed by atoms with E-state index in [1.54, 1.807) is 0 Å². The molecule has 0 spiro atoms. The van der Waals surface area contributed by atoms with E-state index >= 15 is 0 Å². The molecule has 1 saturated heterocycles. The molecule has 1 rings (SSSR count). The van der Waals surface area contributed by atoms with E-state index in [0.29, 0.717) is 0 Å². The topological polar surface area (TPSA) is 3.24 Å². The Bertz CT molecular complexity index is 179. The molecular weight excluding hydrogens is 178 g/mol. The van der Waals surface area contributed by atoms with Crippen LogP contribution in [0.2, 0.25) is 0 Å². The van der Waals surface area contributed by atoms with Crippen molar-refractivity contribution in [1.29, 1.82) is 0 Å². The van der Waals surface area contributed by atoms with Crippen molar-refractivity contribution in [2.75, 3.05) is 18.8 Å². The van der Waals surface area contributed by atoms with Crippen LogP contribution in [-0.2, 0) is 0 Å². The second-order valence-corrected chi connectivity index (χ2v) is 5.54. The minimum absolute atomic E-state index is 0.734. The molecule has 0 aromatic carbocycles. The summed E-state index contributed by atoms with van der Waals surface area (Å²) < 4.78 is 0. The summed E-state index contributed by atoms with van der Waals surface area (Å²) in [6, 6.07) is 0.734. The summed E-state index contributed by atoms with van der Waals surface area (Å²) in [6.45, 7) is 13.2. The van der Waals surface area contributed by atoms with Gasteiger partial charge in [0.05, 0.1) is 0 Å². The van der Waals surface area contributed by atoms with Gasteiger partial charge in [-0.05, 0) is 20.3 Å². The van der Waals surface area contributed by atoms with Gasteiger partial charge in [0.25, 0.3) is 0 Å². The molecule has 0 saturated carbocycles. The predicted molar refractivity (Wildman–Crippen MR) is 62.4 cm³/mol. The van der Waals surface area contributed by atoms with Crippen molar-refractivity contribution in [3.63, 3.8) is 0 Å². The molecule has 2 heteroatoms. The number of hydrogen-bond acceptors (Lipinski definition) is 2. The monoisotopic (exact) mass is 199 g/mol. The third-order valence-corrected chi connectivity index (χ3v) is 4.18. The Morgan fingerprint density at radius 3 is 2.85 bits per heavy atom. The van der Waals surface area contributed by atoms with E-state index in [0.717, 1.165) is 17.7 Å². The molecule has 1 heterocycles. The lowest BCUT2D eigenvalue weighted by Crippen LogP contribution is -2.44. The predicted octanol–water partition coefficient (Wildman–Crippen LogP) is 2.78. The minimum Gasteiger partial charge on any atom is -0.298 e. The van der Waals surface area contributed by atoms with Crippen LogP contribution in [0.15, 0.2) is 12.2 Å². The van der Waals surface area contributed by atoms with Gasteiger partial charge in [0, 0.05) is 30.1 Å². The second-order valence-electron chi connectivity index (χ2n) is 4.06. The quantitative estimate of drug-likeness (QED) is 0.643. The molecular formula is C11H21NS. The van der Waals surface area contributed by atoms with Crippen molar-refractivity contribution in [2.24, 2.45) is 0 Å². The maximum Gasteiger partial charge on any atom is 0.0184 e. The molecule has 13 heavy (non-hydrogen) atoms. The number of hydrogen-bond donors (Lipinski definition) is 0. The number of rotatable bonds is 3. The molecule has 2 atom stereocenters. The molecule has 76 valence electrons. The zero-order chi connectivity index (χ0) is 9.84. The van der Waals surface area contributed by atoms with Crippen LogP contribution in [0.25, 0.3) is 0 Å². The summed E-state index contributed by atoms with van der Waals surface area (Å²) in [5.41, 5.74) is 1.30. The highest BCUT2D eigenvalue weighted by Crippen LogP contribution is 2.24. The first-order valence-electron chi connectivity index (χ1n) is 5.11. The largest absolute Gasteiger partial charge is 0.298 e. The first-order valence-corrected chi connectivity index (χ1v) is 6.16. The summed E-state index contributed by atoms with van der Waals surface area (Å²) in [5.74, 6) is 1.29. The van der Waals surface area contributed by atoms with Gasteiger partial charge in [-0.3, -0.25) is 4.90 Å². The van der Waals surface area contributed by atoms with Crippen molar-refractivity contribution in [3.8, 4) is 0 Å². The lowest BCUT2D eigenvalue weighted by atomic mass is 10.1. The zero-order valence-electron chi connectivity index (χ0n) is 9.05. The molecule has 0 N–H and O–H groups in total. The van der Waals surface area contributed by atoms with E-state index in [1.165, 1.54) is 24.4 Å². The highest BCUT2D eigenvalue weighted by Gasteiger charge is 2.24. The van der Waals surface area contributed by atoms with Crippen LogP contribution in [0.3, 0.4) is 0 Å². The smallest absolute Gasteiger partial charge is 0.0184 e. The maximum absolute atomic E-state index is 3.95. The Kier molecular flexibility index (Phi) is 4.33. The fourth-order valence-electron chi connectivity index (χ4n) is 1.65. The molecule has 1 nitrogen and oxygen atoms in total. The van der Waals surface area contributed by atoms with E-state index in [-0.39, 0.29) is 0 Å². The molecule has 0 amide bonds. The van der Waals surface area contributed by atoms with Gasteiger partial charge in [-0.25, -0.2) is 0 Å². The van der Waals surface area contributed by atoms with Gasteiger partial charge < -0.3 is 0 Å². The van der Waals surface area contributed by atoms with E-state index < -0.39 is 0 Å². The molecule has 2 unspecified atom stereocenters. The fraction of sp³-hybridized carbons (Fsp3) is 0.818. The van der Waals surface area contributed by atoms with Crippen LogP contribution >= 0.6 is 11.8 Å². The Hall–Kier alpha value is 0.0500. The molecule has 1 aliphatic rings. The molecule has 1 fully saturated rings. The third-order valence-electron chi connectivity index (χ3n) is 2.84. The SMILES string of the molecule is C=C(C)CCN1CCSC(C)C1C. The standard InChI is InChI=1S/C11H21NS/c1-9(2)5-6-12-7-8-13-11(4)10(12)3/h10-11H,1,5-8H2,2-4H3. The molecule has 0 aliphatic carbocycles. The normalized spacial score (nSPS) is 30.4. The third kappa shape index (κ3) is 3.35. The van der Waals surface area contributed by atoms with Gasteiger partial charge in [0.15, 0.2) is 0 Å². The number of nitrogens with zero attached hydrogens (tertiary/aromatic N) is 1. The van der Waals surface area contributed by atoms with Crippen molar-refractivity contribution in [1.82, 2.24) is 4.90 Å². The van der Waals surface area contributed by atoms with Gasteiger partial charge >= 0.3 is 0 Å². The lowest BCUT2D eigenvalue weighted by Gasteiger charge is -2.37. The highest BCUT2D eigenvalue weighted by molar-refractivity contribution is 8.00. The van der Waals surface area contributed by atoms with Gasteiger partial charge in [0.2, 0.25) is 0 Å². The number of thioether (sulfide) groups is 1. The van der Waals surface area contributed by atoms with Gasteiger partial charge in [-0.1, -0.05) is 12.5 Å². The fourth-order valence-corrected chi connectivity index (χ4v) is 2.81. The zero-order valence-corrected chi connectivity index (χ0v) is 9.86. The molecule has 0 bridgehead atoms. The van der Waals surface area contributed by atoms with Crippen molar-refractivity contribution in [3.05, 3.63) is 12.2 Å². The Labute approximate surface area is 86.6 Å². The van der Waals surface area contributed by atoms with E-state index in [2.05, 4.69) is 44.0 Å². The van der Waals surface area contributed by atoms with Crippen LogP contribution in [-0.4, -0.2) is 35.0 Å². The lowest BCUT2D eigenvalue weighted by molar-refractivity contribution is 0.216. The first-order chi connectivity index (χ1) is 6.11. The summed E-state index contributed by atoms with van der Waals surface area (Å²) in [5, 5.41) is 0.791. The average Bonchev–Trinajstić information content (AvgIpc) is 2.07. The van der Waals surface area contributed by atoms with Crippen molar-refractivity contribution >= 4 is 11.8 Å². The first kappa shape index (κ1) is 11.1. The molecule has 0 radical (unpaired) electrons. The van der Waals surface area contributed by atoms with Gasteiger partial charge in [-0.2, -0.15) is 11.8 Å². The average molecular weight is 199 g/mol. The summed E-state index contributed by atoms with van der Waals surface area (Å²) in [6.07, 6.45) is 1.15. The van der Waals surface area contributed by atoms with Crippen LogP contribution in [0.5, 0.6) is 0 Å². The van der Waals surface area contributed by atoms with E-state index in [1.807, 2.05) is 0 Å². The Morgan fingerprint density at radius 2 is 2.23 bits per heavy atom. The highest BCUT2D eigenvalue weighted by atomic mass is 32.2. The molecule has 0 aromatic rings. The van der Waals surface area contributed by atoms with E-state index in [9.17, 15) is 0 Å².